The number of amides is 1. The lowest BCUT2D eigenvalue weighted by Gasteiger charge is -2.13. The van der Waals surface area contributed by atoms with E-state index >= 15 is 0 Å². The van der Waals surface area contributed by atoms with E-state index in [-0.39, 0.29) is 5.76 Å². The summed E-state index contributed by atoms with van der Waals surface area (Å²) in [6.45, 7) is 1.61. The Balaban J connectivity index is 1.86. The van der Waals surface area contributed by atoms with Crippen molar-refractivity contribution in [3.63, 3.8) is 0 Å². The molecule has 0 aliphatic rings. The van der Waals surface area contributed by atoms with Crippen LogP contribution in [0.15, 0.2) is 57.8 Å². The first-order valence-corrected chi connectivity index (χ1v) is 9.06. The number of sulfonamides is 1. The number of carbonyl (C=O) groups is 1. The van der Waals surface area contributed by atoms with Crippen LogP contribution in [0.4, 0.5) is 13.2 Å². The molecule has 1 amide bonds. The Morgan fingerprint density at radius 1 is 1.04 bits per heavy atom. The molecule has 0 bridgehead atoms. The largest absolute Gasteiger partial charge is 0.451 e. The molecule has 3 rings (SSSR count). The van der Waals surface area contributed by atoms with E-state index in [1.807, 2.05) is 5.43 Å². The highest BCUT2D eigenvalue weighted by atomic mass is 32.2. The van der Waals surface area contributed by atoms with Crippen molar-refractivity contribution in [2.24, 2.45) is 0 Å². The second kappa shape index (κ2) is 6.71. The number of rotatable bonds is 4. The lowest BCUT2D eigenvalue weighted by Crippen LogP contribution is -2.42. The number of furan rings is 1. The lowest BCUT2D eigenvalue weighted by atomic mass is 10.1. The van der Waals surface area contributed by atoms with Crippen molar-refractivity contribution in [3.05, 3.63) is 65.4 Å². The summed E-state index contributed by atoms with van der Waals surface area (Å²) in [6.07, 6.45) is -4.87. The third-order valence-corrected chi connectivity index (χ3v) is 5.14. The molecule has 10 heteroatoms. The monoisotopic (exact) mass is 398 g/mol. The first-order chi connectivity index (χ1) is 12.6. The Hall–Kier alpha value is -2.85. The number of fused-ring (bicyclic) bond motifs is 1. The summed E-state index contributed by atoms with van der Waals surface area (Å²) in [4.78, 5) is 12.9. The van der Waals surface area contributed by atoms with Gasteiger partial charge in [-0.25, -0.2) is 8.42 Å². The van der Waals surface area contributed by atoms with Crippen LogP contribution in [0.5, 0.6) is 0 Å². The van der Waals surface area contributed by atoms with Gasteiger partial charge in [0.15, 0.2) is 5.76 Å². The van der Waals surface area contributed by atoms with Crippen LogP contribution in [-0.2, 0) is 16.2 Å². The molecule has 0 saturated carbocycles. The van der Waals surface area contributed by atoms with Crippen LogP contribution >= 0.6 is 0 Å². The van der Waals surface area contributed by atoms with Crippen molar-refractivity contribution < 1.29 is 30.8 Å². The Kier molecular flexibility index (Phi) is 4.70. The second-order valence-electron chi connectivity index (χ2n) is 5.61. The van der Waals surface area contributed by atoms with Crippen LogP contribution in [0.2, 0.25) is 0 Å². The van der Waals surface area contributed by atoms with Crippen LogP contribution in [-0.4, -0.2) is 14.3 Å². The van der Waals surface area contributed by atoms with E-state index in [0.29, 0.717) is 22.6 Å². The molecule has 1 heterocycles. The van der Waals surface area contributed by atoms with E-state index in [4.69, 9.17) is 4.42 Å². The van der Waals surface area contributed by atoms with Gasteiger partial charge in [0, 0.05) is 10.9 Å². The summed E-state index contributed by atoms with van der Waals surface area (Å²) >= 11 is 0. The van der Waals surface area contributed by atoms with E-state index in [2.05, 4.69) is 0 Å². The Labute approximate surface area is 152 Å². The Bertz CT molecular complexity index is 1120. The van der Waals surface area contributed by atoms with E-state index in [1.54, 1.807) is 36.0 Å². The quantitative estimate of drug-likeness (QED) is 0.660. The Morgan fingerprint density at radius 3 is 2.33 bits per heavy atom. The zero-order chi connectivity index (χ0) is 19.8. The van der Waals surface area contributed by atoms with Gasteiger partial charge in [0.05, 0.1) is 10.5 Å². The highest BCUT2D eigenvalue weighted by molar-refractivity contribution is 7.89. The number of benzene rings is 2. The number of carbonyl (C=O) groups excluding carboxylic acids is 1. The van der Waals surface area contributed by atoms with Gasteiger partial charge in [-0.05, 0) is 25.1 Å². The van der Waals surface area contributed by atoms with Gasteiger partial charge in [0.2, 0.25) is 0 Å². The van der Waals surface area contributed by atoms with E-state index in [1.165, 1.54) is 0 Å². The maximum absolute atomic E-state index is 13.0. The first-order valence-electron chi connectivity index (χ1n) is 7.58. The SMILES string of the molecule is Cc1c(C(=O)NNS(=O)(=O)c2ccccc2C(F)(F)F)oc2ccccc12. The number of nitrogens with one attached hydrogen (secondary N) is 2. The van der Waals surface area contributed by atoms with Crippen molar-refractivity contribution in [2.45, 2.75) is 18.0 Å². The van der Waals surface area contributed by atoms with E-state index < -0.39 is 32.6 Å². The van der Waals surface area contributed by atoms with Gasteiger partial charge in [0.25, 0.3) is 10.0 Å². The molecule has 0 atom stereocenters. The van der Waals surface area contributed by atoms with Gasteiger partial charge in [0.1, 0.15) is 5.58 Å². The van der Waals surface area contributed by atoms with Gasteiger partial charge in [-0.2, -0.15) is 13.2 Å². The third-order valence-electron chi connectivity index (χ3n) is 3.83. The van der Waals surface area contributed by atoms with Gasteiger partial charge in [-0.15, -0.1) is 4.83 Å². The summed E-state index contributed by atoms with van der Waals surface area (Å²) in [5.74, 6) is -1.08. The molecular formula is C17H13F3N2O4S. The molecule has 0 aliphatic carbocycles. The highest BCUT2D eigenvalue weighted by Crippen LogP contribution is 2.33. The lowest BCUT2D eigenvalue weighted by molar-refractivity contribution is -0.139. The molecule has 27 heavy (non-hydrogen) atoms. The zero-order valence-corrected chi connectivity index (χ0v) is 14.6. The average Bonchev–Trinajstić information content (AvgIpc) is 2.96. The minimum absolute atomic E-state index is 0.150. The molecule has 2 N–H and O–H groups in total. The summed E-state index contributed by atoms with van der Waals surface area (Å²) in [5, 5.41) is 0.660. The molecule has 6 nitrogen and oxygen atoms in total. The molecular weight excluding hydrogens is 385 g/mol. The van der Waals surface area contributed by atoms with Crippen LogP contribution in [0.1, 0.15) is 21.7 Å². The maximum Gasteiger partial charge on any atom is 0.417 e. The van der Waals surface area contributed by atoms with E-state index in [9.17, 15) is 26.4 Å². The normalized spacial score (nSPS) is 12.3. The predicted molar refractivity (Wildman–Crippen MR) is 90.2 cm³/mol. The van der Waals surface area contributed by atoms with Crippen molar-refractivity contribution in [1.82, 2.24) is 10.3 Å². The van der Waals surface area contributed by atoms with Gasteiger partial charge < -0.3 is 4.42 Å². The molecule has 0 spiro atoms. The fourth-order valence-electron chi connectivity index (χ4n) is 2.55. The molecule has 3 aromatic rings. The molecule has 0 unspecified atom stereocenters. The predicted octanol–water partition coefficient (Wildman–Crippen LogP) is 3.38. The standard InChI is InChI=1S/C17H13F3N2O4S/c1-10-11-6-2-4-8-13(11)26-15(10)16(23)21-22-27(24,25)14-9-5-3-7-12(14)17(18,19)20/h2-9,22H,1H3,(H,21,23). The number of halogens is 3. The molecule has 0 saturated heterocycles. The van der Waals surface area contributed by atoms with Gasteiger partial charge in [-0.3, -0.25) is 10.2 Å². The summed E-state index contributed by atoms with van der Waals surface area (Å²) in [7, 11) is -4.66. The van der Waals surface area contributed by atoms with Crippen molar-refractivity contribution in [2.75, 3.05) is 0 Å². The molecule has 0 aliphatic heterocycles. The molecule has 0 fully saturated rings. The fourth-order valence-corrected chi connectivity index (χ4v) is 3.62. The molecule has 2 aromatic carbocycles. The Morgan fingerprint density at radius 2 is 1.67 bits per heavy atom. The summed E-state index contributed by atoms with van der Waals surface area (Å²) in [5.41, 5.74) is 1.43. The molecule has 142 valence electrons. The smallest absolute Gasteiger partial charge is 0.417 e. The summed E-state index contributed by atoms with van der Waals surface area (Å²) in [6, 6.07) is 10.4. The number of aryl methyl sites for hydroxylation is 1. The highest BCUT2D eigenvalue weighted by Gasteiger charge is 2.37. The van der Waals surface area contributed by atoms with Crippen LogP contribution < -0.4 is 10.3 Å². The fraction of sp³-hybridized carbons (Fsp3) is 0.118. The zero-order valence-electron chi connectivity index (χ0n) is 13.8. The minimum atomic E-state index is -4.87. The van der Waals surface area contributed by atoms with Crippen molar-refractivity contribution >= 4 is 26.9 Å². The first kappa shape index (κ1) is 18.9. The van der Waals surface area contributed by atoms with E-state index in [0.717, 1.165) is 18.2 Å². The molecule has 1 aromatic heterocycles. The number of para-hydroxylation sites is 1. The van der Waals surface area contributed by atoms with Crippen molar-refractivity contribution in [3.8, 4) is 0 Å². The molecule has 0 radical (unpaired) electrons. The third kappa shape index (κ3) is 3.67. The van der Waals surface area contributed by atoms with Crippen LogP contribution in [0, 0.1) is 6.92 Å². The number of hydrogen-bond acceptors (Lipinski definition) is 4. The number of alkyl halides is 3. The van der Waals surface area contributed by atoms with Crippen LogP contribution in [0.25, 0.3) is 11.0 Å². The van der Waals surface area contributed by atoms with Crippen LogP contribution in [0.3, 0.4) is 0 Å². The van der Waals surface area contributed by atoms with Gasteiger partial charge >= 0.3 is 12.1 Å². The van der Waals surface area contributed by atoms with Gasteiger partial charge in [-0.1, -0.05) is 30.3 Å². The minimum Gasteiger partial charge on any atom is -0.451 e. The van der Waals surface area contributed by atoms with Crippen molar-refractivity contribution in [1.29, 1.82) is 0 Å². The topological polar surface area (TPSA) is 88.4 Å². The second-order valence-corrected chi connectivity index (χ2v) is 7.26. The average molecular weight is 398 g/mol. The number of hydrogen-bond donors (Lipinski definition) is 2. The number of hydrazine groups is 1. The summed E-state index contributed by atoms with van der Waals surface area (Å²) < 4.78 is 68.9. The maximum atomic E-state index is 13.0.